The second-order valence-corrected chi connectivity index (χ2v) is 3.49. The summed E-state index contributed by atoms with van der Waals surface area (Å²) in [7, 11) is 3.90. The van der Waals surface area contributed by atoms with Crippen molar-refractivity contribution in [3.63, 3.8) is 0 Å². The zero-order chi connectivity index (χ0) is 10.0. The average Bonchev–Trinajstić information content (AvgIpc) is 2.09. The van der Waals surface area contributed by atoms with E-state index in [2.05, 4.69) is 9.97 Å². The minimum absolute atomic E-state index is 0.551. The number of aromatic nitrogens is 2. The lowest BCUT2D eigenvalue weighted by molar-refractivity contribution is 0.905. The van der Waals surface area contributed by atoms with Crippen molar-refractivity contribution in [3.05, 3.63) is 16.5 Å². The molecule has 0 aliphatic rings. The summed E-state index contributed by atoms with van der Waals surface area (Å²) in [6.45, 7) is 3.94. The smallest absolute Gasteiger partial charge is 0.137 e. The van der Waals surface area contributed by atoms with Gasteiger partial charge in [-0.25, -0.2) is 9.97 Å². The van der Waals surface area contributed by atoms with Gasteiger partial charge in [0.05, 0.1) is 0 Å². The number of nitrogens with zero attached hydrogens (tertiary/aromatic N) is 3. The standard InChI is InChI=1S/C9H14ClN3/c1-5-7-11-8(10)6(2)9(12-7)13(3)4/h5H2,1-4H3. The number of hydrogen-bond acceptors (Lipinski definition) is 3. The molecule has 1 aromatic heterocycles. The highest BCUT2D eigenvalue weighted by Crippen LogP contribution is 2.21. The molecule has 1 heterocycles. The molecule has 0 bridgehead atoms. The molecule has 0 spiro atoms. The molecule has 72 valence electrons. The van der Waals surface area contributed by atoms with Gasteiger partial charge < -0.3 is 4.90 Å². The molecule has 0 amide bonds. The Labute approximate surface area is 83.8 Å². The van der Waals surface area contributed by atoms with Gasteiger partial charge in [0.15, 0.2) is 0 Å². The monoisotopic (exact) mass is 199 g/mol. The van der Waals surface area contributed by atoms with Crippen LogP contribution in [0.4, 0.5) is 5.82 Å². The van der Waals surface area contributed by atoms with Crippen LogP contribution in [-0.2, 0) is 6.42 Å². The number of hydrogen-bond donors (Lipinski definition) is 0. The van der Waals surface area contributed by atoms with Crippen molar-refractivity contribution in [1.82, 2.24) is 9.97 Å². The molecule has 0 saturated heterocycles. The van der Waals surface area contributed by atoms with Gasteiger partial charge in [-0.05, 0) is 6.92 Å². The van der Waals surface area contributed by atoms with E-state index in [0.29, 0.717) is 5.15 Å². The molecule has 0 saturated carbocycles. The molecular weight excluding hydrogens is 186 g/mol. The van der Waals surface area contributed by atoms with Crippen molar-refractivity contribution in [2.24, 2.45) is 0 Å². The summed E-state index contributed by atoms with van der Waals surface area (Å²) in [5, 5.41) is 0.551. The number of halogens is 1. The van der Waals surface area contributed by atoms with Gasteiger partial charge in [0, 0.05) is 26.1 Å². The Kier molecular flexibility index (Phi) is 3.09. The van der Waals surface area contributed by atoms with Crippen molar-refractivity contribution < 1.29 is 0 Å². The highest BCUT2D eigenvalue weighted by atomic mass is 35.5. The van der Waals surface area contributed by atoms with Crippen LogP contribution < -0.4 is 4.90 Å². The van der Waals surface area contributed by atoms with Crippen LogP contribution in [0.15, 0.2) is 0 Å². The second-order valence-electron chi connectivity index (χ2n) is 3.13. The lowest BCUT2D eigenvalue weighted by Gasteiger charge is -2.15. The first-order valence-electron chi connectivity index (χ1n) is 4.26. The van der Waals surface area contributed by atoms with Crippen LogP contribution in [0.3, 0.4) is 0 Å². The zero-order valence-corrected chi connectivity index (χ0v) is 9.18. The summed E-state index contributed by atoms with van der Waals surface area (Å²) in [5.41, 5.74) is 0.934. The molecule has 0 N–H and O–H groups in total. The lowest BCUT2D eigenvalue weighted by atomic mass is 10.3. The van der Waals surface area contributed by atoms with Gasteiger partial charge in [-0.1, -0.05) is 18.5 Å². The molecule has 1 aromatic rings. The minimum Gasteiger partial charge on any atom is -0.362 e. The molecule has 0 unspecified atom stereocenters. The summed E-state index contributed by atoms with van der Waals surface area (Å²) in [6, 6.07) is 0. The summed E-state index contributed by atoms with van der Waals surface area (Å²) in [4.78, 5) is 10.5. The maximum Gasteiger partial charge on any atom is 0.137 e. The molecule has 0 atom stereocenters. The normalized spacial score (nSPS) is 10.2. The molecule has 13 heavy (non-hydrogen) atoms. The van der Waals surface area contributed by atoms with Crippen LogP contribution in [-0.4, -0.2) is 24.1 Å². The largest absolute Gasteiger partial charge is 0.362 e. The van der Waals surface area contributed by atoms with Crippen molar-refractivity contribution in [2.75, 3.05) is 19.0 Å². The minimum atomic E-state index is 0.551. The van der Waals surface area contributed by atoms with E-state index in [4.69, 9.17) is 11.6 Å². The predicted octanol–water partition coefficient (Wildman–Crippen LogP) is 2.07. The SMILES string of the molecule is CCc1nc(Cl)c(C)c(N(C)C)n1. The van der Waals surface area contributed by atoms with Gasteiger partial charge in [0.1, 0.15) is 16.8 Å². The van der Waals surface area contributed by atoms with E-state index >= 15 is 0 Å². The maximum atomic E-state index is 5.96. The fraction of sp³-hybridized carbons (Fsp3) is 0.556. The first kappa shape index (κ1) is 10.3. The van der Waals surface area contributed by atoms with E-state index in [-0.39, 0.29) is 0 Å². The lowest BCUT2D eigenvalue weighted by Crippen LogP contribution is -2.14. The summed E-state index contributed by atoms with van der Waals surface area (Å²) >= 11 is 5.96. The molecule has 1 rings (SSSR count). The number of rotatable bonds is 2. The zero-order valence-electron chi connectivity index (χ0n) is 8.43. The van der Waals surface area contributed by atoms with Crippen LogP contribution in [0.2, 0.25) is 5.15 Å². The Morgan fingerprint density at radius 2 is 1.92 bits per heavy atom. The molecule has 0 aromatic carbocycles. The van der Waals surface area contributed by atoms with Gasteiger partial charge >= 0.3 is 0 Å². The van der Waals surface area contributed by atoms with Crippen LogP contribution in [0, 0.1) is 6.92 Å². The van der Waals surface area contributed by atoms with Crippen LogP contribution in [0.1, 0.15) is 18.3 Å². The molecular formula is C9H14ClN3. The molecule has 0 aliphatic heterocycles. The van der Waals surface area contributed by atoms with E-state index < -0.39 is 0 Å². The van der Waals surface area contributed by atoms with E-state index in [1.165, 1.54) is 0 Å². The first-order chi connectivity index (χ1) is 6.06. The van der Waals surface area contributed by atoms with Gasteiger partial charge in [-0.15, -0.1) is 0 Å². The third-order valence-electron chi connectivity index (χ3n) is 1.85. The Hall–Kier alpha value is -0.830. The fourth-order valence-electron chi connectivity index (χ4n) is 1.11. The Balaban J connectivity index is 3.25. The van der Waals surface area contributed by atoms with Crippen molar-refractivity contribution >= 4 is 17.4 Å². The van der Waals surface area contributed by atoms with Gasteiger partial charge in [-0.3, -0.25) is 0 Å². The quantitative estimate of drug-likeness (QED) is 0.683. The van der Waals surface area contributed by atoms with Crippen LogP contribution in [0.5, 0.6) is 0 Å². The number of anilines is 1. The van der Waals surface area contributed by atoms with Gasteiger partial charge in [-0.2, -0.15) is 0 Å². The topological polar surface area (TPSA) is 29.0 Å². The average molecular weight is 200 g/mol. The van der Waals surface area contributed by atoms with Crippen molar-refractivity contribution in [2.45, 2.75) is 20.3 Å². The fourth-order valence-corrected chi connectivity index (χ4v) is 1.30. The molecule has 0 aliphatic carbocycles. The Morgan fingerprint density at radius 3 is 2.38 bits per heavy atom. The highest BCUT2D eigenvalue weighted by molar-refractivity contribution is 6.30. The van der Waals surface area contributed by atoms with Crippen molar-refractivity contribution in [3.8, 4) is 0 Å². The third kappa shape index (κ3) is 2.10. The van der Waals surface area contributed by atoms with Gasteiger partial charge in [0.25, 0.3) is 0 Å². The molecule has 4 heteroatoms. The summed E-state index contributed by atoms with van der Waals surface area (Å²) < 4.78 is 0. The van der Waals surface area contributed by atoms with Crippen LogP contribution >= 0.6 is 11.6 Å². The van der Waals surface area contributed by atoms with Crippen molar-refractivity contribution in [1.29, 1.82) is 0 Å². The third-order valence-corrected chi connectivity index (χ3v) is 2.21. The first-order valence-corrected chi connectivity index (χ1v) is 4.64. The molecule has 0 fully saturated rings. The van der Waals surface area contributed by atoms with Gasteiger partial charge in [0.2, 0.25) is 0 Å². The highest BCUT2D eigenvalue weighted by Gasteiger charge is 2.09. The Morgan fingerprint density at radius 1 is 1.31 bits per heavy atom. The molecule has 3 nitrogen and oxygen atoms in total. The second kappa shape index (κ2) is 3.92. The predicted molar refractivity (Wildman–Crippen MR) is 55.5 cm³/mol. The van der Waals surface area contributed by atoms with E-state index in [0.717, 1.165) is 23.6 Å². The summed E-state index contributed by atoms with van der Waals surface area (Å²) in [6.07, 6.45) is 0.806. The van der Waals surface area contributed by atoms with E-state index in [1.807, 2.05) is 32.8 Å². The Bertz CT molecular complexity index is 310. The molecule has 0 radical (unpaired) electrons. The summed E-state index contributed by atoms with van der Waals surface area (Å²) in [5.74, 6) is 1.69. The number of aryl methyl sites for hydroxylation is 1. The van der Waals surface area contributed by atoms with Crippen LogP contribution in [0.25, 0.3) is 0 Å². The van der Waals surface area contributed by atoms with E-state index in [9.17, 15) is 0 Å². The van der Waals surface area contributed by atoms with E-state index in [1.54, 1.807) is 0 Å². The maximum absolute atomic E-state index is 5.96.